The minimum Gasteiger partial charge on any atom is -0.508 e. The van der Waals surface area contributed by atoms with Crippen molar-refractivity contribution in [3.8, 4) is 5.75 Å². The van der Waals surface area contributed by atoms with Crippen LogP contribution in [-0.2, 0) is 56.0 Å². The van der Waals surface area contributed by atoms with Gasteiger partial charge in [-0.1, -0.05) is 62.7 Å². The first kappa shape index (κ1) is 63.7. The van der Waals surface area contributed by atoms with E-state index in [2.05, 4.69) is 42.2 Å². The smallest absolute Gasteiger partial charge is 0.326 e. The molecule has 2 aromatic carbocycles. The standard InChI is InChI=1S/C49H78N14O12/c1-28(2)23-35(44(70)63-39(27-64)47(73)62-38(48(74)75)25-29-11-4-3-5-12-29)59-45(71)36(24-30-16-18-31(65)19-17-30)60-43(69)34(15-10-22-56-49(54)55)58-46(72)37(26-40(53)66)61-42(68)33(14-7-9-21-51)57-41(67)32(52)13-6-8-20-50/h3-5,11-12,16-19,28,32-39,64-65H,6-10,13-15,20-27,50-52H2,1-2H3,(H2,53,66)(H,57,67)(H,58,72)(H,59,71)(H,60,69)(H,61,68)(H,62,73)(H,63,70)(H,74,75)(H4,54,55,56)/t32-,33-,34-,35-,36-,37-,38-,39-/m0/s1. The van der Waals surface area contributed by atoms with Crippen LogP contribution < -0.4 is 71.6 Å². The average Bonchev–Trinajstić information content (AvgIpc) is 3.35. The van der Waals surface area contributed by atoms with Crippen molar-refractivity contribution in [2.24, 2.45) is 45.3 Å². The third-order valence-corrected chi connectivity index (χ3v) is 11.6. The van der Waals surface area contributed by atoms with Gasteiger partial charge in [0, 0.05) is 19.4 Å². The van der Waals surface area contributed by atoms with Crippen molar-refractivity contribution < 1.29 is 58.5 Å². The van der Waals surface area contributed by atoms with Gasteiger partial charge >= 0.3 is 5.97 Å². The Hall–Kier alpha value is -7.42. The van der Waals surface area contributed by atoms with Crippen LogP contribution in [0.2, 0.25) is 0 Å². The van der Waals surface area contributed by atoms with Gasteiger partial charge in [0.15, 0.2) is 5.96 Å². The van der Waals surface area contributed by atoms with Crippen molar-refractivity contribution in [2.75, 3.05) is 26.2 Å². The monoisotopic (exact) mass is 1050 g/mol. The molecule has 26 heteroatoms. The molecular formula is C49H78N14O12. The van der Waals surface area contributed by atoms with Gasteiger partial charge in [0.25, 0.3) is 0 Å². The minimum absolute atomic E-state index is 0.0256. The molecule has 0 radical (unpaired) electrons. The number of carbonyl (C=O) groups is 9. The lowest BCUT2D eigenvalue weighted by molar-refractivity contribution is -0.142. The van der Waals surface area contributed by atoms with E-state index in [1.165, 1.54) is 24.3 Å². The number of carboxylic acid groups (broad SMARTS) is 1. The van der Waals surface area contributed by atoms with E-state index in [4.69, 9.17) is 34.4 Å². The van der Waals surface area contributed by atoms with Crippen molar-refractivity contribution in [1.82, 2.24) is 37.2 Å². The van der Waals surface area contributed by atoms with Crippen LogP contribution in [0.15, 0.2) is 59.6 Å². The van der Waals surface area contributed by atoms with Crippen LogP contribution in [0.1, 0.15) is 89.2 Å². The molecule has 2 rings (SSSR count). The Bertz CT molecular complexity index is 2200. The normalized spacial score (nSPS) is 14.2. The Morgan fingerprint density at radius 1 is 0.533 bits per heavy atom. The number of nitrogens with zero attached hydrogens (tertiary/aromatic N) is 1. The van der Waals surface area contributed by atoms with E-state index in [-0.39, 0.29) is 75.7 Å². The molecule has 0 aliphatic heterocycles. The zero-order valence-electron chi connectivity index (χ0n) is 42.6. The number of benzene rings is 2. The van der Waals surface area contributed by atoms with Gasteiger partial charge in [-0.25, -0.2) is 4.79 Å². The Labute approximate surface area is 436 Å². The van der Waals surface area contributed by atoms with Gasteiger partial charge in [0.2, 0.25) is 47.3 Å². The quantitative estimate of drug-likeness (QED) is 0.0177. The maximum atomic E-state index is 14.4. The number of aliphatic hydroxyl groups is 1. The van der Waals surface area contributed by atoms with Crippen LogP contribution in [0.3, 0.4) is 0 Å². The number of phenols is 1. The van der Waals surface area contributed by atoms with Gasteiger partial charge < -0.3 is 86.9 Å². The number of nitrogens with two attached hydrogens (primary N) is 6. The molecule has 0 saturated carbocycles. The lowest BCUT2D eigenvalue weighted by Crippen LogP contribution is -2.61. The summed E-state index contributed by atoms with van der Waals surface area (Å²) in [5.41, 5.74) is 34.8. The summed E-state index contributed by atoms with van der Waals surface area (Å²) in [5, 5.41) is 47.5. The van der Waals surface area contributed by atoms with Crippen LogP contribution in [0.5, 0.6) is 5.75 Å². The van der Waals surface area contributed by atoms with Crippen molar-refractivity contribution >= 4 is 59.2 Å². The molecule has 0 aliphatic rings. The van der Waals surface area contributed by atoms with Crippen molar-refractivity contribution in [2.45, 2.75) is 139 Å². The first-order valence-corrected chi connectivity index (χ1v) is 24.9. The Balaban J connectivity index is 2.48. The summed E-state index contributed by atoms with van der Waals surface area (Å²) in [7, 11) is 0. The van der Waals surface area contributed by atoms with E-state index in [0.29, 0.717) is 43.4 Å². The highest BCUT2D eigenvalue weighted by Gasteiger charge is 2.35. The Morgan fingerprint density at radius 2 is 0.973 bits per heavy atom. The molecule has 0 spiro atoms. The lowest BCUT2D eigenvalue weighted by atomic mass is 10.00. The third-order valence-electron chi connectivity index (χ3n) is 11.6. The minimum atomic E-state index is -1.69. The topological polar surface area (TPSA) is 467 Å². The van der Waals surface area contributed by atoms with Gasteiger partial charge in [-0.3, -0.25) is 43.3 Å². The highest BCUT2D eigenvalue weighted by atomic mass is 16.4. The number of aliphatic imine (C=N–C) groups is 1. The number of primary amides is 1. The summed E-state index contributed by atoms with van der Waals surface area (Å²) >= 11 is 0. The first-order chi connectivity index (χ1) is 35.6. The van der Waals surface area contributed by atoms with E-state index >= 15 is 0 Å². The fourth-order valence-corrected chi connectivity index (χ4v) is 7.52. The van der Waals surface area contributed by atoms with E-state index in [9.17, 15) is 58.5 Å². The van der Waals surface area contributed by atoms with Crippen molar-refractivity contribution in [3.63, 3.8) is 0 Å². The molecule has 0 saturated heterocycles. The summed E-state index contributed by atoms with van der Waals surface area (Å²) < 4.78 is 0. The first-order valence-electron chi connectivity index (χ1n) is 24.9. The largest absolute Gasteiger partial charge is 0.508 e. The number of nitrogens with one attached hydrogen (secondary N) is 7. The number of aliphatic hydroxyl groups excluding tert-OH is 1. The van der Waals surface area contributed by atoms with E-state index in [0.717, 1.165) is 0 Å². The molecule has 0 aromatic heterocycles. The molecule has 8 amide bonds. The van der Waals surface area contributed by atoms with Crippen LogP contribution in [0.25, 0.3) is 0 Å². The van der Waals surface area contributed by atoms with Gasteiger partial charge in [0.05, 0.1) is 19.1 Å². The number of carbonyl (C=O) groups excluding carboxylic acids is 8. The zero-order valence-corrected chi connectivity index (χ0v) is 42.6. The molecule has 26 nitrogen and oxygen atoms in total. The van der Waals surface area contributed by atoms with E-state index in [1.807, 2.05) is 0 Å². The van der Waals surface area contributed by atoms with Crippen LogP contribution >= 0.6 is 0 Å². The van der Waals surface area contributed by atoms with E-state index in [1.54, 1.807) is 44.2 Å². The Morgan fingerprint density at radius 3 is 1.52 bits per heavy atom. The third kappa shape index (κ3) is 24.9. The summed E-state index contributed by atoms with van der Waals surface area (Å²) in [6.45, 7) is 3.18. The summed E-state index contributed by atoms with van der Waals surface area (Å²) in [6.07, 6.45) is 1.14. The second-order valence-electron chi connectivity index (χ2n) is 18.4. The molecule has 75 heavy (non-hydrogen) atoms. The number of unbranched alkanes of at least 4 members (excludes halogenated alkanes) is 2. The number of guanidine groups is 1. The second-order valence-corrected chi connectivity index (χ2v) is 18.4. The molecule has 0 heterocycles. The molecule has 2 aromatic rings. The predicted octanol–water partition coefficient (Wildman–Crippen LogP) is -3.79. The fraction of sp³-hybridized carbons (Fsp3) is 0.551. The summed E-state index contributed by atoms with van der Waals surface area (Å²) in [4.78, 5) is 125. The number of rotatable bonds is 36. The maximum Gasteiger partial charge on any atom is 0.326 e. The highest BCUT2D eigenvalue weighted by molar-refractivity contribution is 5.98. The number of aromatic hydroxyl groups is 1. The maximum absolute atomic E-state index is 14.4. The van der Waals surface area contributed by atoms with Crippen LogP contribution in [0.4, 0.5) is 0 Å². The molecule has 0 aliphatic carbocycles. The predicted molar refractivity (Wildman–Crippen MR) is 277 cm³/mol. The lowest BCUT2D eigenvalue weighted by Gasteiger charge is -2.28. The molecule has 8 atom stereocenters. The average molecular weight is 1060 g/mol. The van der Waals surface area contributed by atoms with Gasteiger partial charge in [-0.15, -0.1) is 0 Å². The Kier molecular flexibility index (Phi) is 29.0. The number of amides is 8. The fourth-order valence-electron chi connectivity index (χ4n) is 7.52. The number of aliphatic carboxylic acids is 1. The summed E-state index contributed by atoms with van der Waals surface area (Å²) in [5.74, 6) is -9.43. The number of phenolic OH excluding ortho intramolecular Hbond substituents is 1. The zero-order chi connectivity index (χ0) is 56.0. The summed E-state index contributed by atoms with van der Waals surface area (Å²) in [6, 6.07) is 2.63. The number of hydrogen-bond donors (Lipinski definition) is 16. The SMILES string of the molecule is CC(C)C[C@H](NC(=O)[C@H](Cc1ccc(O)cc1)NC(=O)[C@H](CCCN=C(N)N)NC(=O)[C@H](CC(N)=O)NC(=O)[C@H](CCCCN)NC(=O)[C@@H](N)CCCCN)C(=O)N[C@@H](CO)C(=O)N[C@@H](Cc1ccccc1)C(=O)O. The molecule has 22 N–H and O–H groups in total. The molecule has 0 bridgehead atoms. The van der Waals surface area contributed by atoms with Gasteiger partial charge in [-0.2, -0.15) is 0 Å². The molecule has 0 fully saturated rings. The van der Waals surface area contributed by atoms with Crippen LogP contribution in [-0.4, -0.2) is 149 Å². The highest BCUT2D eigenvalue weighted by Crippen LogP contribution is 2.14. The van der Waals surface area contributed by atoms with Gasteiger partial charge in [0.1, 0.15) is 48.0 Å². The van der Waals surface area contributed by atoms with Crippen molar-refractivity contribution in [1.29, 1.82) is 0 Å². The van der Waals surface area contributed by atoms with Gasteiger partial charge in [-0.05, 0) is 93.6 Å². The molecule has 416 valence electrons. The number of hydrogen-bond acceptors (Lipinski definition) is 15. The van der Waals surface area contributed by atoms with E-state index < -0.39 is 115 Å². The number of carboxylic acids is 1. The molecule has 0 unspecified atom stereocenters. The van der Waals surface area contributed by atoms with Crippen LogP contribution in [0, 0.1) is 5.92 Å². The molecular weight excluding hydrogens is 977 g/mol. The van der Waals surface area contributed by atoms with Crippen molar-refractivity contribution in [3.05, 3.63) is 65.7 Å². The second kappa shape index (κ2) is 34.1.